The molecule has 0 spiro atoms. The van der Waals surface area contributed by atoms with Crippen molar-refractivity contribution in [3.05, 3.63) is 61.2 Å². The Balaban J connectivity index is 2.09. The molecule has 0 radical (unpaired) electrons. The molecule has 4 heteroatoms. The van der Waals surface area contributed by atoms with Gasteiger partial charge in [-0.15, -0.1) is 6.58 Å². The minimum absolute atomic E-state index is 0.0822. The van der Waals surface area contributed by atoms with Gasteiger partial charge in [0.25, 0.3) is 0 Å². The number of nitrogens with zero attached hydrogens (tertiary/aromatic N) is 2. The molecule has 1 heterocycles. The van der Waals surface area contributed by atoms with Crippen molar-refractivity contribution < 1.29 is 4.79 Å². The molecule has 0 fully saturated rings. The van der Waals surface area contributed by atoms with Gasteiger partial charge in [-0.3, -0.25) is 4.79 Å². The molecular weight excluding hydrogens is 274 g/mol. The van der Waals surface area contributed by atoms with E-state index in [4.69, 9.17) is 0 Å². The quantitative estimate of drug-likeness (QED) is 0.744. The molecule has 0 bridgehead atoms. The Morgan fingerprint density at radius 1 is 1.23 bits per heavy atom. The number of carbonyl (C=O) groups excluding carboxylic acids is 1. The summed E-state index contributed by atoms with van der Waals surface area (Å²) in [5.41, 5.74) is 3.66. The van der Waals surface area contributed by atoms with E-state index in [1.807, 2.05) is 60.1 Å². The molecule has 1 amide bonds. The highest BCUT2D eigenvalue weighted by Crippen LogP contribution is 2.29. The van der Waals surface area contributed by atoms with Crippen LogP contribution in [0.5, 0.6) is 0 Å². The first-order chi connectivity index (χ1) is 10.7. The van der Waals surface area contributed by atoms with E-state index in [0.29, 0.717) is 0 Å². The molecule has 3 rings (SSSR count). The Kier molecular flexibility index (Phi) is 3.74. The van der Waals surface area contributed by atoms with Crippen LogP contribution in [0.2, 0.25) is 0 Å². The maximum absolute atomic E-state index is 11.8. The number of anilines is 1. The van der Waals surface area contributed by atoms with Crippen LogP contribution >= 0.6 is 0 Å². The fourth-order valence-corrected chi connectivity index (χ4v) is 2.51. The third kappa shape index (κ3) is 2.51. The van der Waals surface area contributed by atoms with Crippen LogP contribution in [-0.4, -0.2) is 15.5 Å². The van der Waals surface area contributed by atoms with Crippen LogP contribution < -0.4 is 5.32 Å². The van der Waals surface area contributed by atoms with Gasteiger partial charge in [0.05, 0.1) is 16.7 Å². The maximum atomic E-state index is 11.8. The number of para-hydroxylation sites is 3. The first-order valence-electron chi connectivity index (χ1n) is 7.12. The molecular formula is C18H17N3O. The highest BCUT2D eigenvalue weighted by molar-refractivity contribution is 5.96. The lowest BCUT2D eigenvalue weighted by Crippen LogP contribution is -2.11. The SMILES string of the molecule is C=CCC(=O)Nc1ccccc1-c1nc2ccccc2n1C. The van der Waals surface area contributed by atoms with Crippen LogP contribution in [-0.2, 0) is 11.8 Å². The lowest BCUT2D eigenvalue weighted by Gasteiger charge is -2.10. The third-order valence-electron chi connectivity index (χ3n) is 3.56. The molecule has 1 aromatic heterocycles. The smallest absolute Gasteiger partial charge is 0.228 e. The summed E-state index contributed by atoms with van der Waals surface area (Å²) in [6, 6.07) is 15.7. The van der Waals surface area contributed by atoms with Gasteiger partial charge < -0.3 is 9.88 Å². The van der Waals surface area contributed by atoms with Crippen molar-refractivity contribution in [2.45, 2.75) is 6.42 Å². The second kappa shape index (κ2) is 5.85. The molecule has 110 valence electrons. The second-order valence-electron chi connectivity index (χ2n) is 5.07. The molecule has 0 atom stereocenters. The molecule has 1 N–H and O–H groups in total. The first kappa shape index (κ1) is 14.1. The minimum Gasteiger partial charge on any atom is -0.327 e. The van der Waals surface area contributed by atoms with Crippen LogP contribution in [0, 0.1) is 0 Å². The molecule has 2 aromatic carbocycles. The molecule has 0 aliphatic heterocycles. The van der Waals surface area contributed by atoms with E-state index in [2.05, 4.69) is 16.9 Å². The van der Waals surface area contributed by atoms with Gasteiger partial charge in [-0.25, -0.2) is 4.98 Å². The van der Waals surface area contributed by atoms with Crippen molar-refractivity contribution in [3.8, 4) is 11.4 Å². The number of hydrogen-bond acceptors (Lipinski definition) is 2. The van der Waals surface area contributed by atoms with Gasteiger partial charge >= 0.3 is 0 Å². The summed E-state index contributed by atoms with van der Waals surface area (Å²) in [4.78, 5) is 16.5. The molecule has 0 aliphatic carbocycles. The number of nitrogens with one attached hydrogen (secondary N) is 1. The molecule has 0 aliphatic rings. The van der Waals surface area contributed by atoms with E-state index in [1.165, 1.54) is 0 Å². The van der Waals surface area contributed by atoms with E-state index >= 15 is 0 Å². The van der Waals surface area contributed by atoms with Crippen LogP contribution in [0.3, 0.4) is 0 Å². The number of aromatic nitrogens is 2. The standard InChI is InChI=1S/C18H17N3O/c1-3-8-17(22)19-14-10-5-4-9-13(14)18-20-15-11-6-7-12-16(15)21(18)2/h3-7,9-12H,1,8H2,2H3,(H,19,22). The monoisotopic (exact) mass is 291 g/mol. The van der Waals surface area contributed by atoms with Gasteiger partial charge in [0.15, 0.2) is 0 Å². The highest BCUT2D eigenvalue weighted by atomic mass is 16.1. The summed E-state index contributed by atoms with van der Waals surface area (Å²) < 4.78 is 2.04. The van der Waals surface area contributed by atoms with Crippen LogP contribution in [0.15, 0.2) is 61.2 Å². The number of amides is 1. The number of hydrogen-bond donors (Lipinski definition) is 1. The van der Waals surface area contributed by atoms with Gasteiger partial charge in [-0.05, 0) is 24.3 Å². The van der Waals surface area contributed by atoms with Crippen LogP contribution in [0.1, 0.15) is 6.42 Å². The van der Waals surface area contributed by atoms with Crippen molar-refractivity contribution in [2.24, 2.45) is 7.05 Å². The topological polar surface area (TPSA) is 46.9 Å². The van der Waals surface area contributed by atoms with E-state index in [0.717, 1.165) is 28.1 Å². The van der Waals surface area contributed by atoms with Crippen molar-refractivity contribution in [2.75, 3.05) is 5.32 Å². The number of benzene rings is 2. The van der Waals surface area contributed by atoms with Gasteiger partial charge in [0.1, 0.15) is 5.82 Å². The zero-order chi connectivity index (χ0) is 15.5. The minimum atomic E-state index is -0.0822. The molecule has 3 aromatic rings. The largest absolute Gasteiger partial charge is 0.327 e. The van der Waals surface area contributed by atoms with Crippen LogP contribution in [0.25, 0.3) is 22.4 Å². The van der Waals surface area contributed by atoms with E-state index in [9.17, 15) is 4.79 Å². The Morgan fingerprint density at radius 3 is 2.73 bits per heavy atom. The number of fused-ring (bicyclic) bond motifs is 1. The summed E-state index contributed by atoms with van der Waals surface area (Å²) in [5, 5.41) is 2.92. The van der Waals surface area contributed by atoms with Crippen molar-refractivity contribution in [1.29, 1.82) is 0 Å². The second-order valence-corrected chi connectivity index (χ2v) is 5.07. The fourth-order valence-electron chi connectivity index (χ4n) is 2.51. The normalized spacial score (nSPS) is 10.6. The average molecular weight is 291 g/mol. The molecule has 0 saturated carbocycles. The Hall–Kier alpha value is -2.88. The fraction of sp³-hybridized carbons (Fsp3) is 0.111. The lowest BCUT2D eigenvalue weighted by atomic mass is 10.1. The number of carbonyl (C=O) groups is 1. The summed E-state index contributed by atoms with van der Waals surface area (Å²) in [6.45, 7) is 3.59. The molecule has 22 heavy (non-hydrogen) atoms. The van der Waals surface area contributed by atoms with Gasteiger partial charge in [-0.1, -0.05) is 30.3 Å². The number of aryl methyl sites for hydroxylation is 1. The summed E-state index contributed by atoms with van der Waals surface area (Å²) in [7, 11) is 1.98. The van der Waals surface area contributed by atoms with Gasteiger partial charge in [-0.2, -0.15) is 0 Å². The number of imidazole rings is 1. The first-order valence-corrected chi connectivity index (χ1v) is 7.12. The van der Waals surface area contributed by atoms with Gasteiger partial charge in [0, 0.05) is 19.0 Å². The Labute approximate surface area is 129 Å². The zero-order valence-corrected chi connectivity index (χ0v) is 12.4. The lowest BCUT2D eigenvalue weighted by molar-refractivity contribution is -0.115. The molecule has 4 nitrogen and oxygen atoms in total. The predicted octanol–water partition coefficient (Wildman–Crippen LogP) is 3.75. The zero-order valence-electron chi connectivity index (χ0n) is 12.4. The number of rotatable bonds is 4. The average Bonchev–Trinajstić information content (AvgIpc) is 2.86. The van der Waals surface area contributed by atoms with Crippen molar-refractivity contribution in [3.63, 3.8) is 0 Å². The molecule has 0 saturated heterocycles. The van der Waals surface area contributed by atoms with Crippen molar-refractivity contribution >= 4 is 22.6 Å². The van der Waals surface area contributed by atoms with Crippen molar-refractivity contribution in [1.82, 2.24) is 9.55 Å². The summed E-state index contributed by atoms with van der Waals surface area (Å²) >= 11 is 0. The Morgan fingerprint density at radius 2 is 1.95 bits per heavy atom. The maximum Gasteiger partial charge on any atom is 0.228 e. The van der Waals surface area contributed by atoms with E-state index in [1.54, 1.807) is 6.08 Å². The van der Waals surface area contributed by atoms with E-state index < -0.39 is 0 Å². The highest BCUT2D eigenvalue weighted by Gasteiger charge is 2.13. The summed E-state index contributed by atoms with van der Waals surface area (Å²) in [6.07, 6.45) is 1.88. The Bertz CT molecular complexity index is 848. The van der Waals surface area contributed by atoms with Crippen LogP contribution in [0.4, 0.5) is 5.69 Å². The van der Waals surface area contributed by atoms with E-state index in [-0.39, 0.29) is 12.3 Å². The van der Waals surface area contributed by atoms with Gasteiger partial charge in [0.2, 0.25) is 5.91 Å². The predicted molar refractivity (Wildman–Crippen MR) is 89.6 cm³/mol. The summed E-state index contributed by atoms with van der Waals surface area (Å²) in [5.74, 6) is 0.747. The third-order valence-corrected chi connectivity index (χ3v) is 3.56. The molecule has 0 unspecified atom stereocenters.